The first-order valence-electron chi connectivity index (χ1n) is 4.13. The Morgan fingerprint density at radius 1 is 1.46 bits per heavy atom. The van der Waals surface area contributed by atoms with E-state index < -0.39 is 0 Å². The number of aliphatic hydroxyl groups is 1. The lowest BCUT2D eigenvalue weighted by Gasteiger charge is -2.08. The van der Waals surface area contributed by atoms with Gasteiger partial charge in [0.2, 0.25) is 0 Å². The standard InChI is InChI=1S/C10H13ClO2/c1-7-5-10(13-2)9(11)6-8(7)3-4-12/h5-6,12H,3-4H2,1-2H3. The molecule has 3 heteroatoms. The minimum absolute atomic E-state index is 0.142. The highest BCUT2D eigenvalue weighted by atomic mass is 35.5. The average Bonchev–Trinajstić information content (AvgIpc) is 2.11. The van der Waals surface area contributed by atoms with Crippen molar-refractivity contribution in [1.29, 1.82) is 0 Å². The fraction of sp³-hybridized carbons (Fsp3) is 0.400. The minimum Gasteiger partial charge on any atom is -0.495 e. The molecule has 0 bridgehead atoms. The van der Waals surface area contributed by atoms with Crippen LogP contribution in [0.15, 0.2) is 12.1 Å². The maximum Gasteiger partial charge on any atom is 0.137 e. The highest BCUT2D eigenvalue weighted by molar-refractivity contribution is 6.32. The smallest absolute Gasteiger partial charge is 0.137 e. The van der Waals surface area contributed by atoms with Crippen molar-refractivity contribution in [3.63, 3.8) is 0 Å². The topological polar surface area (TPSA) is 29.5 Å². The van der Waals surface area contributed by atoms with Crippen molar-refractivity contribution in [1.82, 2.24) is 0 Å². The zero-order valence-electron chi connectivity index (χ0n) is 7.80. The third-order valence-corrected chi connectivity index (χ3v) is 2.29. The number of hydrogen-bond donors (Lipinski definition) is 1. The zero-order chi connectivity index (χ0) is 9.84. The van der Waals surface area contributed by atoms with Crippen molar-refractivity contribution in [3.8, 4) is 5.75 Å². The summed E-state index contributed by atoms with van der Waals surface area (Å²) in [5.74, 6) is 0.681. The second kappa shape index (κ2) is 4.49. The van der Waals surface area contributed by atoms with E-state index in [4.69, 9.17) is 21.4 Å². The predicted molar refractivity (Wildman–Crippen MR) is 53.5 cm³/mol. The van der Waals surface area contributed by atoms with E-state index in [-0.39, 0.29) is 6.61 Å². The lowest BCUT2D eigenvalue weighted by Crippen LogP contribution is -1.95. The molecule has 0 radical (unpaired) electrons. The van der Waals surface area contributed by atoms with Crippen LogP contribution in [0.2, 0.25) is 5.02 Å². The Morgan fingerprint density at radius 3 is 2.69 bits per heavy atom. The Balaban J connectivity index is 3.05. The summed E-state index contributed by atoms with van der Waals surface area (Å²) >= 11 is 5.93. The molecule has 2 nitrogen and oxygen atoms in total. The zero-order valence-corrected chi connectivity index (χ0v) is 8.56. The highest BCUT2D eigenvalue weighted by Crippen LogP contribution is 2.27. The van der Waals surface area contributed by atoms with Crippen LogP contribution < -0.4 is 4.74 Å². The fourth-order valence-electron chi connectivity index (χ4n) is 1.24. The maximum absolute atomic E-state index is 8.79. The second-order valence-electron chi connectivity index (χ2n) is 2.89. The number of aliphatic hydroxyl groups excluding tert-OH is 1. The van der Waals surface area contributed by atoms with Gasteiger partial charge in [0, 0.05) is 6.61 Å². The summed E-state index contributed by atoms with van der Waals surface area (Å²) in [5.41, 5.74) is 2.16. The molecule has 1 rings (SSSR count). The summed E-state index contributed by atoms with van der Waals surface area (Å²) in [6, 6.07) is 3.72. The normalized spacial score (nSPS) is 10.2. The lowest BCUT2D eigenvalue weighted by molar-refractivity contribution is 0.299. The van der Waals surface area contributed by atoms with E-state index >= 15 is 0 Å². The van der Waals surface area contributed by atoms with Gasteiger partial charge in [-0.1, -0.05) is 11.6 Å². The molecule has 0 saturated heterocycles. The van der Waals surface area contributed by atoms with E-state index in [1.165, 1.54) is 0 Å². The SMILES string of the molecule is COc1cc(C)c(CCO)cc1Cl. The van der Waals surface area contributed by atoms with Gasteiger partial charge in [-0.15, -0.1) is 0 Å². The van der Waals surface area contributed by atoms with E-state index in [9.17, 15) is 0 Å². The number of rotatable bonds is 3. The molecule has 13 heavy (non-hydrogen) atoms. The number of halogens is 1. The van der Waals surface area contributed by atoms with Gasteiger partial charge in [-0.05, 0) is 36.6 Å². The van der Waals surface area contributed by atoms with Crippen molar-refractivity contribution in [2.75, 3.05) is 13.7 Å². The molecule has 1 aromatic carbocycles. The summed E-state index contributed by atoms with van der Waals surface area (Å²) in [5, 5.41) is 9.38. The van der Waals surface area contributed by atoms with Crippen LogP contribution in [-0.4, -0.2) is 18.8 Å². The van der Waals surface area contributed by atoms with Crippen LogP contribution in [0.1, 0.15) is 11.1 Å². The van der Waals surface area contributed by atoms with E-state index in [0.717, 1.165) is 11.1 Å². The lowest BCUT2D eigenvalue weighted by atomic mass is 10.1. The molecule has 0 atom stereocenters. The number of methoxy groups -OCH3 is 1. The van der Waals surface area contributed by atoms with E-state index in [1.807, 2.05) is 19.1 Å². The van der Waals surface area contributed by atoms with Gasteiger partial charge in [0.25, 0.3) is 0 Å². The Morgan fingerprint density at radius 2 is 2.15 bits per heavy atom. The Hall–Kier alpha value is -0.730. The molecule has 0 aliphatic carbocycles. The summed E-state index contributed by atoms with van der Waals surface area (Å²) in [7, 11) is 1.59. The number of benzene rings is 1. The van der Waals surface area contributed by atoms with Gasteiger partial charge >= 0.3 is 0 Å². The monoisotopic (exact) mass is 200 g/mol. The molecule has 0 amide bonds. The third-order valence-electron chi connectivity index (χ3n) is 1.99. The largest absolute Gasteiger partial charge is 0.495 e. The Kier molecular flexibility index (Phi) is 3.58. The van der Waals surface area contributed by atoms with E-state index in [2.05, 4.69) is 0 Å². The fourth-order valence-corrected chi connectivity index (χ4v) is 1.51. The van der Waals surface area contributed by atoms with Crippen molar-refractivity contribution in [3.05, 3.63) is 28.3 Å². The molecule has 72 valence electrons. The molecule has 0 spiro atoms. The van der Waals surface area contributed by atoms with Crippen molar-refractivity contribution in [2.45, 2.75) is 13.3 Å². The Labute approximate surface area is 83.1 Å². The third kappa shape index (κ3) is 2.36. The molecule has 0 aliphatic rings. The summed E-state index contributed by atoms with van der Waals surface area (Å²) in [6.45, 7) is 2.12. The van der Waals surface area contributed by atoms with Gasteiger partial charge in [-0.3, -0.25) is 0 Å². The first-order valence-corrected chi connectivity index (χ1v) is 4.50. The highest BCUT2D eigenvalue weighted by Gasteiger charge is 2.05. The molecule has 0 aliphatic heterocycles. The molecule has 0 heterocycles. The summed E-state index contributed by atoms with van der Waals surface area (Å²) in [4.78, 5) is 0. The number of ether oxygens (including phenoxy) is 1. The molecule has 1 aromatic rings. The van der Waals surface area contributed by atoms with Gasteiger partial charge in [0.05, 0.1) is 12.1 Å². The van der Waals surface area contributed by atoms with Crippen LogP contribution >= 0.6 is 11.6 Å². The average molecular weight is 201 g/mol. The maximum atomic E-state index is 8.79. The summed E-state index contributed by atoms with van der Waals surface area (Å²) in [6.07, 6.45) is 0.634. The van der Waals surface area contributed by atoms with Gasteiger partial charge < -0.3 is 9.84 Å². The summed E-state index contributed by atoms with van der Waals surface area (Å²) < 4.78 is 5.06. The molecule has 0 unspecified atom stereocenters. The van der Waals surface area contributed by atoms with Crippen LogP contribution in [0.25, 0.3) is 0 Å². The number of aryl methyl sites for hydroxylation is 1. The minimum atomic E-state index is 0.142. The first-order chi connectivity index (χ1) is 6.19. The van der Waals surface area contributed by atoms with Gasteiger partial charge in [0.1, 0.15) is 5.75 Å². The van der Waals surface area contributed by atoms with E-state index in [0.29, 0.717) is 17.2 Å². The number of hydrogen-bond acceptors (Lipinski definition) is 2. The van der Waals surface area contributed by atoms with Crippen LogP contribution in [0.3, 0.4) is 0 Å². The van der Waals surface area contributed by atoms with Gasteiger partial charge in [-0.25, -0.2) is 0 Å². The van der Waals surface area contributed by atoms with Gasteiger partial charge in [0.15, 0.2) is 0 Å². The van der Waals surface area contributed by atoms with Crippen LogP contribution in [0.5, 0.6) is 5.75 Å². The Bertz CT molecular complexity index is 297. The van der Waals surface area contributed by atoms with Gasteiger partial charge in [-0.2, -0.15) is 0 Å². The van der Waals surface area contributed by atoms with E-state index in [1.54, 1.807) is 7.11 Å². The van der Waals surface area contributed by atoms with Crippen molar-refractivity contribution >= 4 is 11.6 Å². The molecule has 0 saturated carbocycles. The molecular formula is C10H13ClO2. The van der Waals surface area contributed by atoms with Crippen LogP contribution in [0.4, 0.5) is 0 Å². The quantitative estimate of drug-likeness (QED) is 0.811. The van der Waals surface area contributed by atoms with Crippen LogP contribution in [0, 0.1) is 6.92 Å². The molecule has 0 fully saturated rings. The molecule has 1 N–H and O–H groups in total. The first kappa shape index (κ1) is 10.4. The van der Waals surface area contributed by atoms with Crippen molar-refractivity contribution < 1.29 is 9.84 Å². The second-order valence-corrected chi connectivity index (χ2v) is 3.29. The van der Waals surface area contributed by atoms with Crippen LogP contribution in [-0.2, 0) is 6.42 Å². The molecule has 0 aromatic heterocycles. The predicted octanol–water partition coefficient (Wildman–Crippen LogP) is 2.19. The molecular weight excluding hydrogens is 188 g/mol. The van der Waals surface area contributed by atoms with Crippen molar-refractivity contribution in [2.24, 2.45) is 0 Å².